The van der Waals surface area contributed by atoms with Crippen LogP contribution in [0.1, 0.15) is 18.6 Å². The molecule has 2 N–H and O–H groups in total. The van der Waals surface area contributed by atoms with Gasteiger partial charge in [-0.15, -0.1) is 0 Å². The number of benzene rings is 1. The third kappa shape index (κ3) is 1.51. The molecule has 5 heteroatoms. The summed E-state index contributed by atoms with van der Waals surface area (Å²) in [5.41, 5.74) is -1.19. The van der Waals surface area contributed by atoms with Crippen LogP contribution in [0.3, 0.4) is 0 Å². The molecule has 0 atom stereocenters. The van der Waals surface area contributed by atoms with Gasteiger partial charge < -0.3 is 14.6 Å². The van der Waals surface area contributed by atoms with Gasteiger partial charge in [-0.1, -0.05) is 12.1 Å². The molecule has 18 heavy (non-hydrogen) atoms. The van der Waals surface area contributed by atoms with Gasteiger partial charge in [0.25, 0.3) is 0 Å². The molecule has 1 aromatic carbocycles. The van der Waals surface area contributed by atoms with Crippen LogP contribution in [0.5, 0.6) is 0 Å². The standard InChI is InChI=1S/C13H11FO4/c14-9-3-1-2-7-4-10(18-11(7)9)13(17)5-8(6-13)12(15)16/h1-4,8,17H,5-6H2,(H,15,16). The van der Waals surface area contributed by atoms with E-state index in [0.29, 0.717) is 5.39 Å². The first-order valence-electron chi connectivity index (χ1n) is 5.63. The fourth-order valence-corrected chi connectivity index (χ4v) is 2.39. The first-order chi connectivity index (χ1) is 8.49. The Morgan fingerprint density at radius 1 is 1.44 bits per heavy atom. The van der Waals surface area contributed by atoms with Gasteiger partial charge in [-0.3, -0.25) is 4.79 Å². The molecule has 0 amide bonds. The van der Waals surface area contributed by atoms with Gasteiger partial charge in [0.05, 0.1) is 5.92 Å². The number of rotatable bonds is 2. The zero-order valence-electron chi connectivity index (χ0n) is 9.39. The molecule has 0 aliphatic heterocycles. The summed E-state index contributed by atoms with van der Waals surface area (Å²) < 4.78 is 18.8. The summed E-state index contributed by atoms with van der Waals surface area (Å²) in [5, 5.41) is 19.6. The highest BCUT2D eigenvalue weighted by molar-refractivity contribution is 5.79. The van der Waals surface area contributed by atoms with Crippen molar-refractivity contribution in [2.24, 2.45) is 5.92 Å². The highest BCUT2D eigenvalue weighted by atomic mass is 19.1. The van der Waals surface area contributed by atoms with Crippen LogP contribution in [0.2, 0.25) is 0 Å². The van der Waals surface area contributed by atoms with E-state index >= 15 is 0 Å². The van der Waals surface area contributed by atoms with E-state index in [1.54, 1.807) is 18.2 Å². The second kappa shape index (κ2) is 3.55. The fourth-order valence-electron chi connectivity index (χ4n) is 2.39. The fraction of sp³-hybridized carbons (Fsp3) is 0.308. The molecule has 94 valence electrons. The minimum absolute atomic E-state index is 0.0969. The minimum Gasteiger partial charge on any atom is -0.481 e. The maximum Gasteiger partial charge on any atom is 0.306 e. The molecule has 0 bridgehead atoms. The van der Waals surface area contributed by atoms with Gasteiger partial charge >= 0.3 is 5.97 Å². The SMILES string of the molecule is O=C(O)C1CC(O)(c2cc3cccc(F)c3o2)C1. The number of hydrogen-bond acceptors (Lipinski definition) is 3. The van der Waals surface area contributed by atoms with E-state index in [0.717, 1.165) is 0 Å². The normalized spacial score (nSPS) is 27.1. The Morgan fingerprint density at radius 2 is 2.17 bits per heavy atom. The number of carboxylic acid groups (broad SMARTS) is 1. The van der Waals surface area contributed by atoms with E-state index in [-0.39, 0.29) is 24.2 Å². The van der Waals surface area contributed by atoms with Gasteiger partial charge in [-0.05, 0) is 25.0 Å². The molecule has 0 spiro atoms. The molecule has 1 saturated carbocycles. The van der Waals surface area contributed by atoms with E-state index in [1.807, 2.05) is 0 Å². The summed E-state index contributed by atoms with van der Waals surface area (Å²) in [7, 11) is 0. The quantitative estimate of drug-likeness (QED) is 0.857. The van der Waals surface area contributed by atoms with Crippen LogP contribution in [0, 0.1) is 11.7 Å². The van der Waals surface area contributed by atoms with Crippen molar-refractivity contribution in [3.63, 3.8) is 0 Å². The summed E-state index contributed by atoms with van der Waals surface area (Å²) >= 11 is 0. The third-order valence-corrected chi connectivity index (χ3v) is 3.47. The van der Waals surface area contributed by atoms with E-state index < -0.39 is 23.3 Å². The Kier molecular flexibility index (Phi) is 2.22. The highest BCUT2D eigenvalue weighted by Crippen LogP contribution is 2.47. The number of furan rings is 1. The van der Waals surface area contributed by atoms with Crippen LogP contribution in [0.15, 0.2) is 28.7 Å². The van der Waals surface area contributed by atoms with Crippen molar-refractivity contribution in [3.05, 3.63) is 35.8 Å². The summed E-state index contributed by atoms with van der Waals surface area (Å²) in [4.78, 5) is 10.7. The van der Waals surface area contributed by atoms with Crippen LogP contribution in [0.25, 0.3) is 11.0 Å². The number of para-hydroxylation sites is 1. The number of aliphatic hydroxyl groups is 1. The molecule has 0 unspecified atom stereocenters. The van der Waals surface area contributed by atoms with Crippen molar-refractivity contribution >= 4 is 16.9 Å². The Labute approximate surface area is 102 Å². The predicted octanol–water partition coefficient (Wildman–Crippen LogP) is 2.25. The molecule has 1 fully saturated rings. The lowest BCUT2D eigenvalue weighted by Crippen LogP contribution is -2.44. The van der Waals surface area contributed by atoms with E-state index in [2.05, 4.69) is 0 Å². The van der Waals surface area contributed by atoms with Crippen LogP contribution in [-0.4, -0.2) is 16.2 Å². The summed E-state index contributed by atoms with van der Waals surface area (Å²) in [6.07, 6.45) is 0.202. The van der Waals surface area contributed by atoms with Crippen LogP contribution in [0.4, 0.5) is 4.39 Å². The van der Waals surface area contributed by atoms with Gasteiger partial charge in [0.1, 0.15) is 11.4 Å². The topological polar surface area (TPSA) is 70.7 Å². The first kappa shape index (κ1) is 11.2. The Hall–Kier alpha value is -1.88. The average molecular weight is 250 g/mol. The molecule has 2 aromatic rings. The molecular weight excluding hydrogens is 239 g/mol. The molecule has 1 aliphatic rings. The van der Waals surface area contributed by atoms with Crippen LogP contribution in [-0.2, 0) is 10.4 Å². The smallest absolute Gasteiger partial charge is 0.306 e. The van der Waals surface area contributed by atoms with Gasteiger partial charge in [0.2, 0.25) is 0 Å². The zero-order valence-corrected chi connectivity index (χ0v) is 9.39. The van der Waals surface area contributed by atoms with Crippen molar-refractivity contribution in [3.8, 4) is 0 Å². The van der Waals surface area contributed by atoms with E-state index in [4.69, 9.17) is 9.52 Å². The summed E-state index contributed by atoms with van der Waals surface area (Å²) in [6, 6.07) is 6.08. The minimum atomic E-state index is -1.28. The lowest BCUT2D eigenvalue weighted by atomic mass is 9.69. The number of carboxylic acids is 1. The van der Waals surface area contributed by atoms with Gasteiger partial charge in [0.15, 0.2) is 11.4 Å². The molecule has 1 aliphatic carbocycles. The van der Waals surface area contributed by atoms with E-state index in [1.165, 1.54) is 6.07 Å². The largest absolute Gasteiger partial charge is 0.481 e. The Morgan fingerprint density at radius 3 is 2.78 bits per heavy atom. The molecule has 0 radical (unpaired) electrons. The second-order valence-electron chi connectivity index (χ2n) is 4.74. The number of halogens is 1. The average Bonchev–Trinajstić information content (AvgIpc) is 2.70. The monoisotopic (exact) mass is 250 g/mol. The van der Waals surface area contributed by atoms with Gasteiger partial charge in [0, 0.05) is 5.39 Å². The van der Waals surface area contributed by atoms with Gasteiger partial charge in [-0.25, -0.2) is 4.39 Å². The van der Waals surface area contributed by atoms with Crippen molar-refractivity contribution in [1.29, 1.82) is 0 Å². The lowest BCUT2D eigenvalue weighted by Gasteiger charge is -2.39. The highest BCUT2D eigenvalue weighted by Gasteiger charge is 2.49. The van der Waals surface area contributed by atoms with Crippen molar-refractivity contribution in [2.75, 3.05) is 0 Å². The maximum atomic E-state index is 13.4. The van der Waals surface area contributed by atoms with Crippen molar-refractivity contribution in [2.45, 2.75) is 18.4 Å². The first-order valence-corrected chi connectivity index (χ1v) is 5.63. The van der Waals surface area contributed by atoms with Crippen LogP contribution >= 0.6 is 0 Å². The van der Waals surface area contributed by atoms with E-state index in [9.17, 15) is 14.3 Å². The second-order valence-corrected chi connectivity index (χ2v) is 4.74. The summed E-state index contributed by atoms with van der Waals surface area (Å²) in [5.74, 6) is -1.74. The number of fused-ring (bicyclic) bond motifs is 1. The Bertz CT molecular complexity index is 625. The molecule has 4 nitrogen and oxygen atoms in total. The van der Waals surface area contributed by atoms with Crippen LogP contribution < -0.4 is 0 Å². The molecule has 3 rings (SSSR count). The van der Waals surface area contributed by atoms with Gasteiger partial charge in [-0.2, -0.15) is 0 Å². The molecule has 1 heterocycles. The van der Waals surface area contributed by atoms with Crippen molar-refractivity contribution < 1.29 is 23.8 Å². The zero-order chi connectivity index (χ0) is 12.9. The Balaban J connectivity index is 1.96. The number of carbonyl (C=O) groups is 1. The molecular formula is C13H11FO4. The third-order valence-electron chi connectivity index (χ3n) is 3.47. The summed E-state index contributed by atoms with van der Waals surface area (Å²) in [6.45, 7) is 0. The number of hydrogen-bond donors (Lipinski definition) is 2. The van der Waals surface area contributed by atoms with Crippen molar-refractivity contribution in [1.82, 2.24) is 0 Å². The number of aliphatic carboxylic acids is 1. The molecule has 0 saturated heterocycles. The lowest BCUT2D eigenvalue weighted by molar-refractivity contribution is -0.161. The predicted molar refractivity (Wildman–Crippen MR) is 60.4 cm³/mol. The maximum absolute atomic E-state index is 13.4. The molecule has 1 aromatic heterocycles.